The van der Waals surface area contributed by atoms with E-state index < -0.39 is 12.1 Å². The number of thiazole rings is 1. The number of nitrogens with one attached hydrogen (secondary N) is 1. The molecule has 1 N–H and O–H groups in total. The Morgan fingerprint density at radius 3 is 2.48 bits per heavy atom. The van der Waals surface area contributed by atoms with Gasteiger partial charge in [0.2, 0.25) is 11.8 Å². The van der Waals surface area contributed by atoms with E-state index in [4.69, 9.17) is 0 Å². The molecule has 6 heteroatoms. The van der Waals surface area contributed by atoms with Crippen LogP contribution in [0.1, 0.15) is 42.8 Å². The number of aromatic nitrogens is 1. The molecule has 2 rings (SSSR count). The van der Waals surface area contributed by atoms with Gasteiger partial charge in [0.25, 0.3) is 0 Å². The van der Waals surface area contributed by atoms with Crippen LogP contribution in [0.3, 0.4) is 0 Å². The molecule has 1 aromatic rings. The number of nitrogens with zero attached hydrogens (tertiary/aromatic N) is 2. The van der Waals surface area contributed by atoms with Gasteiger partial charge in [0.15, 0.2) is 0 Å². The van der Waals surface area contributed by atoms with Crippen LogP contribution >= 0.6 is 11.3 Å². The second-order valence-electron chi connectivity index (χ2n) is 5.87. The summed E-state index contributed by atoms with van der Waals surface area (Å²) < 4.78 is 0. The molecule has 116 valence electrons. The van der Waals surface area contributed by atoms with E-state index in [9.17, 15) is 9.59 Å². The van der Waals surface area contributed by atoms with Gasteiger partial charge in [-0.1, -0.05) is 20.8 Å². The third kappa shape index (κ3) is 3.10. The van der Waals surface area contributed by atoms with Gasteiger partial charge in [-0.25, -0.2) is 4.98 Å². The number of carbonyl (C=O) groups excluding carboxylic acids is 2. The Morgan fingerprint density at radius 1 is 1.33 bits per heavy atom. The number of amides is 2. The molecule has 0 aliphatic carbocycles. The van der Waals surface area contributed by atoms with E-state index in [1.54, 1.807) is 16.2 Å². The summed E-state index contributed by atoms with van der Waals surface area (Å²) in [7, 11) is 0. The zero-order chi connectivity index (χ0) is 15.7. The van der Waals surface area contributed by atoms with Crippen LogP contribution in [0.5, 0.6) is 0 Å². The number of piperazine rings is 1. The first kappa shape index (κ1) is 15.9. The first-order chi connectivity index (χ1) is 9.85. The zero-order valence-corrected chi connectivity index (χ0v) is 14.1. The van der Waals surface area contributed by atoms with Gasteiger partial charge < -0.3 is 10.2 Å². The topological polar surface area (TPSA) is 62.3 Å². The minimum atomic E-state index is -0.412. The fraction of sp³-hybridized carbons (Fsp3) is 0.667. The lowest BCUT2D eigenvalue weighted by Crippen LogP contribution is -2.64. The fourth-order valence-corrected chi connectivity index (χ4v) is 3.60. The largest absolute Gasteiger partial charge is 0.343 e. The molecule has 2 atom stereocenters. The van der Waals surface area contributed by atoms with Crippen LogP contribution in [0.15, 0.2) is 0 Å². The predicted molar refractivity (Wildman–Crippen MR) is 83.0 cm³/mol. The molecule has 1 fully saturated rings. The van der Waals surface area contributed by atoms with E-state index in [0.29, 0.717) is 13.0 Å². The van der Waals surface area contributed by atoms with Crippen molar-refractivity contribution in [1.82, 2.24) is 15.2 Å². The molecule has 2 unspecified atom stereocenters. The molecule has 1 aliphatic rings. The molecule has 2 heterocycles. The summed E-state index contributed by atoms with van der Waals surface area (Å²) >= 11 is 1.60. The Balaban J connectivity index is 2.29. The van der Waals surface area contributed by atoms with Crippen LogP contribution in [0.2, 0.25) is 0 Å². The molecule has 0 bridgehead atoms. The molecule has 1 aliphatic heterocycles. The number of carbonyl (C=O) groups is 2. The molecule has 0 saturated carbocycles. The minimum Gasteiger partial charge on any atom is -0.343 e. The van der Waals surface area contributed by atoms with Crippen LogP contribution in [0.4, 0.5) is 0 Å². The maximum atomic E-state index is 12.6. The summed E-state index contributed by atoms with van der Waals surface area (Å²) in [5.74, 6) is 0.0247. The smallest absolute Gasteiger partial charge is 0.246 e. The Bertz CT molecular complexity index is 534. The normalized spacial score (nSPS) is 22.9. The van der Waals surface area contributed by atoms with Gasteiger partial charge in [-0.15, -0.1) is 11.3 Å². The third-order valence-electron chi connectivity index (χ3n) is 3.92. The van der Waals surface area contributed by atoms with Gasteiger partial charge in [-0.05, 0) is 26.2 Å². The monoisotopic (exact) mass is 309 g/mol. The first-order valence-electron chi connectivity index (χ1n) is 7.38. The van der Waals surface area contributed by atoms with Crippen molar-refractivity contribution in [3.63, 3.8) is 0 Å². The van der Waals surface area contributed by atoms with E-state index in [2.05, 4.69) is 10.3 Å². The van der Waals surface area contributed by atoms with Crippen molar-refractivity contribution in [2.75, 3.05) is 0 Å². The molecule has 5 nitrogen and oxygen atoms in total. The van der Waals surface area contributed by atoms with Gasteiger partial charge in [0.1, 0.15) is 17.1 Å². The van der Waals surface area contributed by atoms with Crippen LogP contribution in [-0.2, 0) is 16.1 Å². The summed E-state index contributed by atoms with van der Waals surface area (Å²) in [6, 6.07) is -0.820. The van der Waals surface area contributed by atoms with Crippen LogP contribution in [0, 0.1) is 19.8 Å². The van der Waals surface area contributed by atoms with Gasteiger partial charge in [-0.3, -0.25) is 9.59 Å². The molecular formula is C15H23N3O2S. The maximum Gasteiger partial charge on any atom is 0.246 e. The second kappa shape index (κ2) is 6.13. The fourth-order valence-electron chi connectivity index (χ4n) is 2.67. The summed E-state index contributed by atoms with van der Waals surface area (Å²) in [6.07, 6.45) is 0.613. The number of rotatable bonds is 4. The Labute approximate surface area is 129 Å². The van der Waals surface area contributed by atoms with Crippen LogP contribution < -0.4 is 5.32 Å². The second-order valence-corrected chi connectivity index (χ2v) is 7.16. The number of hydrogen-bond donors (Lipinski definition) is 1. The highest BCUT2D eigenvalue weighted by Gasteiger charge is 2.41. The maximum absolute atomic E-state index is 12.6. The van der Waals surface area contributed by atoms with Crippen molar-refractivity contribution in [3.8, 4) is 0 Å². The van der Waals surface area contributed by atoms with Gasteiger partial charge in [0.05, 0.1) is 12.2 Å². The summed E-state index contributed by atoms with van der Waals surface area (Å²) in [5, 5.41) is 3.73. The van der Waals surface area contributed by atoms with Crippen molar-refractivity contribution in [1.29, 1.82) is 0 Å². The SMILES string of the molecule is CCC1NC(=O)C(C(C)C)N(Cc2nc(C)c(C)s2)C1=O. The first-order valence-corrected chi connectivity index (χ1v) is 8.20. The molecule has 0 aromatic carbocycles. The quantitative estimate of drug-likeness (QED) is 0.925. The zero-order valence-electron chi connectivity index (χ0n) is 13.3. The highest BCUT2D eigenvalue weighted by Crippen LogP contribution is 2.24. The minimum absolute atomic E-state index is 0.00121. The summed E-state index contributed by atoms with van der Waals surface area (Å²) in [5.41, 5.74) is 0.997. The lowest BCUT2D eigenvalue weighted by atomic mass is 9.96. The van der Waals surface area contributed by atoms with Gasteiger partial charge in [-0.2, -0.15) is 0 Å². The Hall–Kier alpha value is -1.43. The molecule has 1 aromatic heterocycles. The van der Waals surface area contributed by atoms with Crippen molar-refractivity contribution in [2.24, 2.45) is 5.92 Å². The Morgan fingerprint density at radius 2 is 2.00 bits per heavy atom. The molecule has 0 radical (unpaired) electrons. The van der Waals surface area contributed by atoms with E-state index in [0.717, 1.165) is 15.6 Å². The van der Waals surface area contributed by atoms with E-state index in [-0.39, 0.29) is 17.7 Å². The molecule has 1 saturated heterocycles. The summed E-state index contributed by atoms with van der Waals surface area (Å²) in [6.45, 7) is 10.3. The van der Waals surface area contributed by atoms with Crippen LogP contribution in [0.25, 0.3) is 0 Å². The number of hydrogen-bond acceptors (Lipinski definition) is 4. The lowest BCUT2D eigenvalue weighted by molar-refractivity contribution is -0.152. The lowest BCUT2D eigenvalue weighted by Gasteiger charge is -2.40. The Kier molecular flexibility index (Phi) is 4.66. The van der Waals surface area contributed by atoms with Crippen molar-refractivity contribution >= 4 is 23.2 Å². The van der Waals surface area contributed by atoms with E-state index in [1.807, 2.05) is 34.6 Å². The molecular weight excluding hydrogens is 286 g/mol. The molecule has 2 amide bonds. The summed E-state index contributed by atoms with van der Waals surface area (Å²) in [4.78, 5) is 32.3. The molecule has 21 heavy (non-hydrogen) atoms. The predicted octanol–water partition coefficient (Wildman–Crippen LogP) is 2.02. The third-order valence-corrected chi connectivity index (χ3v) is 4.98. The number of aryl methyl sites for hydroxylation is 2. The van der Waals surface area contributed by atoms with Gasteiger partial charge in [0, 0.05) is 4.88 Å². The van der Waals surface area contributed by atoms with Crippen molar-refractivity contribution < 1.29 is 9.59 Å². The van der Waals surface area contributed by atoms with E-state index in [1.165, 1.54) is 0 Å². The average molecular weight is 309 g/mol. The van der Waals surface area contributed by atoms with Gasteiger partial charge >= 0.3 is 0 Å². The van der Waals surface area contributed by atoms with Crippen molar-refractivity contribution in [3.05, 3.63) is 15.6 Å². The average Bonchev–Trinajstić information content (AvgIpc) is 2.71. The van der Waals surface area contributed by atoms with Crippen LogP contribution in [-0.4, -0.2) is 33.8 Å². The van der Waals surface area contributed by atoms with Crippen molar-refractivity contribution in [2.45, 2.75) is 59.7 Å². The van der Waals surface area contributed by atoms with E-state index >= 15 is 0 Å². The highest BCUT2D eigenvalue weighted by atomic mass is 32.1. The highest BCUT2D eigenvalue weighted by molar-refractivity contribution is 7.11. The standard InChI is InChI=1S/C15H23N3O2S/c1-6-11-15(20)18(13(8(2)3)14(19)17-11)7-12-16-9(4)10(5)21-12/h8,11,13H,6-7H2,1-5H3,(H,17,19). The molecule has 0 spiro atoms.